The number of pyridine rings is 1. The molecule has 0 saturated carbocycles. The fourth-order valence-corrected chi connectivity index (χ4v) is 0.686. The molecule has 12 heavy (non-hydrogen) atoms. The number of aromatic hydroxyl groups is 1. The van der Waals surface area contributed by atoms with E-state index in [-0.39, 0.29) is 5.56 Å². The molecule has 0 amide bonds. The lowest BCUT2D eigenvalue weighted by atomic mass is 10.2. The maximum absolute atomic E-state index is 12.8. The van der Waals surface area contributed by atoms with Crippen LogP contribution in [0, 0.1) is 5.82 Å². The van der Waals surface area contributed by atoms with Crippen LogP contribution in [0.2, 0.25) is 0 Å². The van der Waals surface area contributed by atoms with Gasteiger partial charge in [-0.1, -0.05) is 0 Å². The molecule has 0 aromatic carbocycles. The molecule has 0 bridgehead atoms. The summed E-state index contributed by atoms with van der Waals surface area (Å²) in [6.07, 6.45) is 1.89. The second kappa shape index (κ2) is 3.17. The van der Waals surface area contributed by atoms with Gasteiger partial charge in [0.2, 0.25) is 0 Å². The molecule has 64 valence electrons. The highest BCUT2D eigenvalue weighted by Crippen LogP contribution is 2.16. The van der Waals surface area contributed by atoms with E-state index < -0.39 is 17.5 Å². The largest absolute Gasteiger partial charge is 0.504 e. The van der Waals surface area contributed by atoms with Crippen molar-refractivity contribution in [1.29, 1.82) is 0 Å². The number of aromatic nitrogens is 1. The van der Waals surface area contributed by atoms with Crippen molar-refractivity contribution in [2.75, 3.05) is 7.11 Å². The van der Waals surface area contributed by atoms with Crippen LogP contribution in [0.4, 0.5) is 4.39 Å². The number of ether oxygens (including phenoxy) is 1. The van der Waals surface area contributed by atoms with Crippen molar-refractivity contribution in [2.24, 2.45) is 0 Å². The van der Waals surface area contributed by atoms with Crippen molar-refractivity contribution >= 4 is 5.97 Å². The summed E-state index contributed by atoms with van der Waals surface area (Å²) in [6.45, 7) is 0. The molecule has 0 saturated heterocycles. The van der Waals surface area contributed by atoms with Crippen molar-refractivity contribution < 1.29 is 19.0 Å². The minimum absolute atomic E-state index is 0.377. The van der Waals surface area contributed by atoms with E-state index in [1.807, 2.05) is 0 Å². The van der Waals surface area contributed by atoms with E-state index in [9.17, 15) is 9.18 Å². The molecule has 0 atom stereocenters. The fraction of sp³-hybridized carbons (Fsp3) is 0.143. The van der Waals surface area contributed by atoms with Gasteiger partial charge in [-0.2, -0.15) is 0 Å². The first-order valence-electron chi connectivity index (χ1n) is 3.07. The van der Waals surface area contributed by atoms with Crippen LogP contribution in [0.3, 0.4) is 0 Å². The minimum atomic E-state index is -1.02. The van der Waals surface area contributed by atoms with E-state index in [0.29, 0.717) is 0 Å². The summed E-state index contributed by atoms with van der Waals surface area (Å²) in [7, 11) is 1.12. The molecule has 0 aliphatic rings. The molecule has 0 aliphatic carbocycles. The maximum Gasteiger partial charge on any atom is 0.342 e. The van der Waals surface area contributed by atoms with Gasteiger partial charge in [-0.25, -0.2) is 9.18 Å². The zero-order valence-electron chi connectivity index (χ0n) is 6.24. The number of hydrogen-bond acceptors (Lipinski definition) is 4. The average molecular weight is 171 g/mol. The highest BCUT2D eigenvalue weighted by Gasteiger charge is 2.15. The number of nitrogens with zero attached hydrogens (tertiary/aromatic N) is 1. The van der Waals surface area contributed by atoms with Gasteiger partial charge in [0.05, 0.1) is 13.3 Å². The first kappa shape index (κ1) is 8.45. The van der Waals surface area contributed by atoms with E-state index in [1.54, 1.807) is 0 Å². The van der Waals surface area contributed by atoms with Crippen molar-refractivity contribution in [1.82, 2.24) is 4.98 Å². The second-order valence-electron chi connectivity index (χ2n) is 2.01. The lowest BCUT2D eigenvalue weighted by Crippen LogP contribution is -2.04. The van der Waals surface area contributed by atoms with Crippen LogP contribution in [0.1, 0.15) is 10.4 Å². The molecular weight excluding hydrogens is 165 g/mol. The van der Waals surface area contributed by atoms with E-state index >= 15 is 0 Å². The van der Waals surface area contributed by atoms with E-state index in [2.05, 4.69) is 9.72 Å². The van der Waals surface area contributed by atoms with Crippen LogP contribution < -0.4 is 0 Å². The Bertz CT molecular complexity index is 314. The van der Waals surface area contributed by atoms with Gasteiger partial charge >= 0.3 is 5.97 Å². The molecule has 0 fully saturated rings. The predicted octanol–water partition coefficient (Wildman–Crippen LogP) is 0.713. The third-order valence-corrected chi connectivity index (χ3v) is 1.27. The molecule has 1 N–H and O–H groups in total. The molecule has 1 aromatic rings. The number of rotatable bonds is 1. The maximum atomic E-state index is 12.8. The zero-order valence-corrected chi connectivity index (χ0v) is 6.24. The van der Waals surface area contributed by atoms with E-state index in [4.69, 9.17) is 5.11 Å². The van der Waals surface area contributed by atoms with Crippen molar-refractivity contribution in [3.8, 4) is 5.75 Å². The molecule has 1 heterocycles. The third kappa shape index (κ3) is 1.34. The number of carbonyl (C=O) groups is 1. The van der Waals surface area contributed by atoms with E-state index in [0.717, 1.165) is 19.5 Å². The summed E-state index contributed by atoms with van der Waals surface area (Å²) in [5.41, 5.74) is -0.377. The van der Waals surface area contributed by atoms with Gasteiger partial charge in [0.1, 0.15) is 5.56 Å². The van der Waals surface area contributed by atoms with Gasteiger partial charge < -0.3 is 9.84 Å². The number of halogens is 1. The first-order valence-corrected chi connectivity index (χ1v) is 3.07. The third-order valence-electron chi connectivity index (χ3n) is 1.27. The monoisotopic (exact) mass is 171 g/mol. The van der Waals surface area contributed by atoms with Gasteiger partial charge in [0.15, 0.2) is 11.6 Å². The summed E-state index contributed by atoms with van der Waals surface area (Å²) in [5.74, 6) is -2.55. The number of carbonyl (C=O) groups excluding carboxylic acids is 1. The molecular formula is C7H6FNO3. The quantitative estimate of drug-likeness (QED) is 0.632. The lowest BCUT2D eigenvalue weighted by molar-refractivity contribution is 0.0594. The summed E-state index contributed by atoms with van der Waals surface area (Å²) < 4.78 is 17.1. The van der Waals surface area contributed by atoms with Crippen LogP contribution in [-0.2, 0) is 4.74 Å². The van der Waals surface area contributed by atoms with Crippen LogP contribution in [0.25, 0.3) is 0 Å². The summed E-state index contributed by atoms with van der Waals surface area (Å²) >= 11 is 0. The highest BCUT2D eigenvalue weighted by molar-refractivity contribution is 5.89. The molecule has 0 unspecified atom stereocenters. The van der Waals surface area contributed by atoms with Crippen LogP contribution in [-0.4, -0.2) is 23.2 Å². The van der Waals surface area contributed by atoms with Crippen molar-refractivity contribution in [3.63, 3.8) is 0 Å². The number of esters is 1. The Balaban J connectivity index is 3.16. The van der Waals surface area contributed by atoms with Crippen LogP contribution in [0.5, 0.6) is 5.75 Å². The topological polar surface area (TPSA) is 59.4 Å². The lowest BCUT2D eigenvalue weighted by Gasteiger charge is -2.00. The molecule has 1 rings (SSSR count). The molecule has 1 aromatic heterocycles. The van der Waals surface area contributed by atoms with Gasteiger partial charge in [0, 0.05) is 6.20 Å². The Hall–Kier alpha value is -1.65. The Labute approximate surface area is 67.6 Å². The summed E-state index contributed by atoms with van der Waals surface area (Å²) in [6, 6.07) is 0. The fourth-order valence-electron chi connectivity index (χ4n) is 0.686. The van der Waals surface area contributed by atoms with Gasteiger partial charge in [-0.3, -0.25) is 4.98 Å². The highest BCUT2D eigenvalue weighted by atomic mass is 19.1. The van der Waals surface area contributed by atoms with Crippen molar-refractivity contribution in [3.05, 3.63) is 23.8 Å². The Kier molecular flexibility index (Phi) is 2.23. The minimum Gasteiger partial charge on any atom is -0.504 e. The summed E-state index contributed by atoms with van der Waals surface area (Å²) in [5, 5.41) is 8.80. The predicted molar refractivity (Wildman–Crippen MR) is 37.2 cm³/mol. The smallest absolute Gasteiger partial charge is 0.342 e. The molecule has 0 aliphatic heterocycles. The molecule has 4 nitrogen and oxygen atoms in total. The SMILES string of the molecule is COC(=O)c1cncc(O)c1F. The van der Waals surface area contributed by atoms with Gasteiger partial charge in [-0.15, -0.1) is 0 Å². The first-order chi connectivity index (χ1) is 5.66. The van der Waals surface area contributed by atoms with E-state index in [1.165, 1.54) is 0 Å². The molecule has 0 spiro atoms. The average Bonchev–Trinajstić information content (AvgIpc) is 2.08. The van der Waals surface area contributed by atoms with Crippen LogP contribution >= 0.6 is 0 Å². The van der Waals surface area contributed by atoms with Gasteiger partial charge in [-0.05, 0) is 0 Å². The zero-order chi connectivity index (χ0) is 9.14. The van der Waals surface area contributed by atoms with Gasteiger partial charge in [0.25, 0.3) is 0 Å². The Morgan fingerprint density at radius 2 is 2.33 bits per heavy atom. The summed E-state index contributed by atoms with van der Waals surface area (Å²) in [4.78, 5) is 14.2. The molecule has 0 radical (unpaired) electrons. The Morgan fingerprint density at radius 3 is 2.92 bits per heavy atom. The Morgan fingerprint density at radius 1 is 1.67 bits per heavy atom. The second-order valence-corrected chi connectivity index (χ2v) is 2.01. The standard InChI is InChI=1S/C7H6FNO3/c1-12-7(11)4-2-9-3-5(10)6(4)8/h2-3,10H,1H3. The number of methoxy groups -OCH3 is 1. The number of hydrogen-bond donors (Lipinski definition) is 1. The normalized spacial score (nSPS) is 9.50. The van der Waals surface area contributed by atoms with Crippen LogP contribution in [0.15, 0.2) is 12.4 Å². The van der Waals surface area contributed by atoms with Crippen molar-refractivity contribution in [2.45, 2.75) is 0 Å². The molecule has 5 heteroatoms.